The van der Waals surface area contributed by atoms with Crippen LogP contribution in [-0.4, -0.2) is 26.7 Å². The zero-order chi connectivity index (χ0) is 10.1. The van der Waals surface area contributed by atoms with Gasteiger partial charge in [-0.3, -0.25) is 0 Å². The van der Waals surface area contributed by atoms with Crippen molar-refractivity contribution in [2.45, 2.75) is 38.3 Å². The van der Waals surface area contributed by atoms with Crippen LogP contribution >= 0.6 is 0 Å². The summed E-state index contributed by atoms with van der Waals surface area (Å²) in [5, 5.41) is 17.2. The van der Waals surface area contributed by atoms with E-state index in [-0.39, 0.29) is 12.6 Å². The summed E-state index contributed by atoms with van der Waals surface area (Å²) in [6.45, 7) is 2.46. The molecule has 5 heteroatoms. The van der Waals surface area contributed by atoms with E-state index in [0.29, 0.717) is 12.5 Å². The largest absolute Gasteiger partial charge is 0.394 e. The molecule has 2 rings (SSSR count). The lowest BCUT2D eigenvalue weighted by molar-refractivity contribution is 0.225. The highest BCUT2D eigenvalue weighted by molar-refractivity contribution is 5.20. The molecule has 1 aliphatic rings. The Labute approximate surface area is 82.9 Å². The molecule has 3 N–H and O–H groups in total. The highest BCUT2D eigenvalue weighted by Gasteiger charge is 2.31. The van der Waals surface area contributed by atoms with Crippen molar-refractivity contribution in [3.05, 3.63) is 11.4 Å². The highest BCUT2D eigenvalue weighted by Crippen LogP contribution is 2.41. The van der Waals surface area contributed by atoms with Gasteiger partial charge in [-0.25, -0.2) is 4.68 Å². The fraction of sp³-hybridized carbons (Fsp3) is 0.778. The monoisotopic (exact) mass is 196 g/mol. The van der Waals surface area contributed by atoms with Crippen LogP contribution in [0.15, 0.2) is 0 Å². The second-order valence-corrected chi connectivity index (χ2v) is 3.88. The van der Waals surface area contributed by atoms with Gasteiger partial charge in [-0.15, -0.1) is 5.10 Å². The van der Waals surface area contributed by atoms with E-state index in [1.165, 1.54) is 12.8 Å². The third-order valence-electron chi connectivity index (χ3n) is 2.64. The van der Waals surface area contributed by atoms with Crippen LogP contribution in [0, 0.1) is 0 Å². The summed E-state index contributed by atoms with van der Waals surface area (Å²) in [4.78, 5) is 0. The molecule has 1 aliphatic carbocycles. The number of nitrogens with zero attached hydrogens (tertiary/aromatic N) is 3. The lowest BCUT2D eigenvalue weighted by atomic mass is 10.2. The molecule has 14 heavy (non-hydrogen) atoms. The second-order valence-electron chi connectivity index (χ2n) is 3.88. The quantitative estimate of drug-likeness (QED) is 0.719. The Morgan fingerprint density at radius 2 is 2.36 bits per heavy atom. The topological polar surface area (TPSA) is 77.0 Å². The molecule has 1 aromatic rings. The van der Waals surface area contributed by atoms with Crippen LogP contribution in [-0.2, 0) is 6.54 Å². The summed E-state index contributed by atoms with van der Waals surface area (Å²) in [7, 11) is 0. The van der Waals surface area contributed by atoms with Crippen LogP contribution in [0.3, 0.4) is 0 Å². The smallest absolute Gasteiger partial charge is 0.0997 e. The maximum atomic E-state index is 9.08. The van der Waals surface area contributed by atoms with Crippen molar-refractivity contribution < 1.29 is 5.11 Å². The predicted molar refractivity (Wildman–Crippen MR) is 51.7 cm³/mol. The van der Waals surface area contributed by atoms with Gasteiger partial charge < -0.3 is 10.8 Å². The van der Waals surface area contributed by atoms with Crippen molar-refractivity contribution in [2.24, 2.45) is 5.73 Å². The summed E-state index contributed by atoms with van der Waals surface area (Å²) in [6.07, 6.45) is 2.39. The normalized spacial score (nSPS) is 18.5. The van der Waals surface area contributed by atoms with Crippen LogP contribution in [0.1, 0.15) is 43.1 Å². The van der Waals surface area contributed by atoms with Gasteiger partial charge in [0, 0.05) is 12.5 Å². The third-order valence-corrected chi connectivity index (χ3v) is 2.64. The molecule has 1 fully saturated rings. The second kappa shape index (κ2) is 3.67. The number of aliphatic hydroxyl groups is 1. The van der Waals surface area contributed by atoms with E-state index in [0.717, 1.165) is 11.4 Å². The van der Waals surface area contributed by atoms with Gasteiger partial charge in [0.2, 0.25) is 0 Å². The maximum absolute atomic E-state index is 9.08. The first-order valence-corrected chi connectivity index (χ1v) is 5.02. The van der Waals surface area contributed by atoms with Crippen LogP contribution < -0.4 is 5.73 Å². The van der Waals surface area contributed by atoms with E-state index >= 15 is 0 Å². The molecule has 0 spiro atoms. The molecule has 0 saturated heterocycles. The minimum Gasteiger partial charge on any atom is -0.394 e. The van der Waals surface area contributed by atoms with E-state index in [4.69, 9.17) is 10.8 Å². The van der Waals surface area contributed by atoms with E-state index in [2.05, 4.69) is 10.3 Å². The van der Waals surface area contributed by atoms with Gasteiger partial charge in [-0.2, -0.15) is 0 Å². The van der Waals surface area contributed by atoms with E-state index in [1.54, 1.807) is 0 Å². The molecular weight excluding hydrogens is 180 g/mol. The van der Waals surface area contributed by atoms with Gasteiger partial charge in [0.1, 0.15) is 0 Å². The number of nitrogens with two attached hydrogens (primary N) is 1. The molecule has 1 aromatic heterocycles. The van der Waals surface area contributed by atoms with Crippen molar-refractivity contribution in [2.75, 3.05) is 6.61 Å². The summed E-state index contributed by atoms with van der Waals surface area (Å²) in [5.74, 6) is 0.567. The standard InChI is InChI=1S/C9H16N4O/c1-6(5-14)13-9(7-2-3-7)8(4-10)11-12-13/h6-7,14H,2-5,10H2,1H3. The minimum atomic E-state index is -0.00148. The first-order chi connectivity index (χ1) is 6.77. The summed E-state index contributed by atoms with van der Waals surface area (Å²) < 4.78 is 1.82. The summed E-state index contributed by atoms with van der Waals surface area (Å²) in [6, 6.07) is -0.00148. The Kier molecular flexibility index (Phi) is 2.52. The summed E-state index contributed by atoms with van der Waals surface area (Å²) in [5.41, 5.74) is 7.61. The molecule has 1 saturated carbocycles. The zero-order valence-electron chi connectivity index (χ0n) is 8.35. The van der Waals surface area contributed by atoms with Crippen LogP contribution in [0.2, 0.25) is 0 Å². The van der Waals surface area contributed by atoms with E-state index in [1.807, 2.05) is 11.6 Å². The van der Waals surface area contributed by atoms with Crippen molar-refractivity contribution in [3.8, 4) is 0 Å². The first kappa shape index (κ1) is 9.61. The number of hydrogen-bond donors (Lipinski definition) is 2. The zero-order valence-corrected chi connectivity index (χ0v) is 8.35. The van der Waals surface area contributed by atoms with Crippen LogP contribution in [0.25, 0.3) is 0 Å². The van der Waals surface area contributed by atoms with Crippen LogP contribution in [0.5, 0.6) is 0 Å². The molecule has 1 unspecified atom stereocenters. The van der Waals surface area contributed by atoms with Gasteiger partial charge in [0.15, 0.2) is 0 Å². The Morgan fingerprint density at radius 1 is 1.64 bits per heavy atom. The molecule has 0 radical (unpaired) electrons. The van der Waals surface area contributed by atoms with E-state index in [9.17, 15) is 0 Å². The Bertz CT molecular complexity index is 319. The highest BCUT2D eigenvalue weighted by atomic mass is 16.3. The van der Waals surface area contributed by atoms with Crippen molar-refractivity contribution in [3.63, 3.8) is 0 Å². The Hall–Kier alpha value is -0.940. The fourth-order valence-electron chi connectivity index (χ4n) is 1.66. The van der Waals surface area contributed by atoms with Gasteiger partial charge in [0.05, 0.1) is 24.0 Å². The average Bonchev–Trinajstić information content (AvgIpc) is 2.96. The lowest BCUT2D eigenvalue weighted by Crippen LogP contribution is -2.14. The number of hydrogen-bond acceptors (Lipinski definition) is 4. The van der Waals surface area contributed by atoms with Gasteiger partial charge >= 0.3 is 0 Å². The molecule has 78 valence electrons. The van der Waals surface area contributed by atoms with Gasteiger partial charge in [-0.1, -0.05) is 5.21 Å². The maximum Gasteiger partial charge on any atom is 0.0997 e. The molecule has 5 nitrogen and oxygen atoms in total. The molecule has 0 aromatic carbocycles. The van der Waals surface area contributed by atoms with Crippen molar-refractivity contribution >= 4 is 0 Å². The number of aliphatic hydroxyl groups excluding tert-OH is 1. The first-order valence-electron chi connectivity index (χ1n) is 5.02. The van der Waals surface area contributed by atoms with Gasteiger partial charge in [0.25, 0.3) is 0 Å². The number of rotatable bonds is 4. The molecule has 0 bridgehead atoms. The molecular formula is C9H16N4O. The molecule has 0 aliphatic heterocycles. The molecule has 0 amide bonds. The molecule has 1 atom stereocenters. The fourth-order valence-corrected chi connectivity index (χ4v) is 1.66. The number of aromatic nitrogens is 3. The average molecular weight is 196 g/mol. The van der Waals surface area contributed by atoms with Crippen LogP contribution in [0.4, 0.5) is 0 Å². The summed E-state index contributed by atoms with van der Waals surface area (Å²) >= 11 is 0. The minimum absolute atomic E-state index is 0.00148. The Balaban J connectivity index is 2.33. The lowest BCUT2D eigenvalue weighted by Gasteiger charge is -2.11. The predicted octanol–water partition coefficient (Wildman–Crippen LogP) is 0.167. The molecule has 1 heterocycles. The third kappa shape index (κ3) is 1.53. The van der Waals surface area contributed by atoms with Gasteiger partial charge in [-0.05, 0) is 19.8 Å². The van der Waals surface area contributed by atoms with Crippen molar-refractivity contribution in [1.29, 1.82) is 0 Å². The van der Waals surface area contributed by atoms with Crippen molar-refractivity contribution in [1.82, 2.24) is 15.0 Å². The SMILES string of the molecule is CC(CO)n1nnc(CN)c1C1CC1. The Morgan fingerprint density at radius 3 is 2.86 bits per heavy atom. The van der Waals surface area contributed by atoms with E-state index < -0.39 is 0 Å².